The molecule has 0 fully saturated rings. The van der Waals surface area contributed by atoms with Crippen LogP contribution in [0.25, 0.3) is 0 Å². The van der Waals surface area contributed by atoms with Crippen LogP contribution >= 0.6 is 0 Å². The summed E-state index contributed by atoms with van der Waals surface area (Å²) in [5, 5.41) is 2.30. The molecule has 0 saturated heterocycles. The molecule has 0 bridgehead atoms. The monoisotopic (exact) mass is 255 g/mol. The van der Waals surface area contributed by atoms with Crippen LogP contribution in [0.4, 0.5) is 0 Å². The van der Waals surface area contributed by atoms with Gasteiger partial charge in [0.1, 0.15) is 5.76 Å². The van der Waals surface area contributed by atoms with E-state index in [0.717, 1.165) is 24.2 Å². The van der Waals surface area contributed by atoms with Crippen LogP contribution in [-0.2, 0) is 12.8 Å². The minimum atomic E-state index is -0.308. The van der Waals surface area contributed by atoms with Crippen LogP contribution in [0.15, 0.2) is 34.9 Å². The highest BCUT2D eigenvalue weighted by Crippen LogP contribution is 2.19. The molecule has 4 nitrogen and oxygen atoms in total. The summed E-state index contributed by atoms with van der Waals surface area (Å²) in [5.41, 5.74) is 3.16. The molecule has 4 heteroatoms. The second-order valence-electron chi connectivity index (χ2n) is 4.67. The van der Waals surface area contributed by atoms with Crippen LogP contribution in [0.2, 0.25) is 0 Å². The first-order valence-electron chi connectivity index (χ1n) is 6.17. The van der Waals surface area contributed by atoms with E-state index in [2.05, 4.69) is 5.32 Å². The molecule has 0 aliphatic carbocycles. The number of benzene rings is 1. The fourth-order valence-electron chi connectivity index (χ4n) is 2.32. The van der Waals surface area contributed by atoms with Crippen molar-refractivity contribution in [3.63, 3.8) is 0 Å². The summed E-state index contributed by atoms with van der Waals surface area (Å²) < 4.78 is 5.25. The predicted octanol–water partition coefficient (Wildman–Crippen LogP) is 2.26. The first-order valence-corrected chi connectivity index (χ1v) is 6.17. The van der Waals surface area contributed by atoms with Crippen LogP contribution in [-0.4, -0.2) is 11.8 Å². The molecule has 0 radical (unpaired) electrons. The molecule has 1 aliphatic heterocycles. The fourth-order valence-corrected chi connectivity index (χ4v) is 2.32. The van der Waals surface area contributed by atoms with Crippen molar-refractivity contribution in [3.05, 3.63) is 58.5 Å². The molecule has 3 rings (SSSR count). The summed E-state index contributed by atoms with van der Waals surface area (Å²) in [5.74, 6) is 0.313. The zero-order valence-electron chi connectivity index (χ0n) is 10.5. The van der Waals surface area contributed by atoms with Crippen LogP contribution in [0.3, 0.4) is 0 Å². The summed E-state index contributed by atoms with van der Waals surface area (Å²) in [6.07, 6.45) is 3.35. The van der Waals surface area contributed by atoms with Crippen LogP contribution in [0.5, 0.6) is 0 Å². The minimum absolute atomic E-state index is 0.304. The fraction of sp³-hybridized carbons (Fsp3) is 0.200. The van der Waals surface area contributed by atoms with E-state index in [-0.39, 0.29) is 11.8 Å². The van der Waals surface area contributed by atoms with Crippen molar-refractivity contribution in [3.8, 4) is 0 Å². The maximum absolute atomic E-state index is 11.6. The summed E-state index contributed by atoms with van der Waals surface area (Å²) >= 11 is 0. The van der Waals surface area contributed by atoms with Gasteiger partial charge in [-0.05, 0) is 49.1 Å². The number of hydrogen-bond donors (Lipinski definition) is 1. The van der Waals surface area contributed by atoms with E-state index < -0.39 is 0 Å². The van der Waals surface area contributed by atoms with Crippen molar-refractivity contribution in [2.24, 2.45) is 0 Å². The van der Waals surface area contributed by atoms with Crippen molar-refractivity contribution in [2.45, 2.75) is 19.8 Å². The Kier molecular flexibility index (Phi) is 2.71. The van der Waals surface area contributed by atoms with E-state index in [1.54, 1.807) is 18.4 Å². The van der Waals surface area contributed by atoms with Crippen molar-refractivity contribution < 1.29 is 14.0 Å². The Morgan fingerprint density at radius 3 is 2.58 bits per heavy atom. The summed E-state index contributed by atoms with van der Waals surface area (Å²) in [6.45, 7) is 1.93. The Labute approximate surface area is 110 Å². The van der Waals surface area contributed by atoms with Gasteiger partial charge in [0.05, 0.1) is 17.4 Å². The molecule has 1 aromatic heterocycles. The van der Waals surface area contributed by atoms with Crippen LogP contribution in [0, 0.1) is 6.92 Å². The van der Waals surface area contributed by atoms with Crippen molar-refractivity contribution in [2.75, 3.05) is 0 Å². The zero-order valence-corrected chi connectivity index (χ0v) is 10.5. The van der Waals surface area contributed by atoms with E-state index in [1.807, 2.05) is 19.1 Å². The minimum Gasteiger partial charge on any atom is -0.469 e. The summed E-state index contributed by atoms with van der Waals surface area (Å²) in [4.78, 5) is 23.0. The van der Waals surface area contributed by atoms with Gasteiger partial charge in [0, 0.05) is 0 Å². The standard InChI is InChI=1S/C15H13NO3/c1-9-11(6-7-19-9)4-2-10-3-5-12-13(8-10)15(18)16-14(12)17/h3,5-8H,2,4H2,1H3,(H,16,17,18). The first kappa shape index (κ1) is 11.7. The van der Waals surface area contributed by atoms with E-state index >= 15 is 0 Å². The predicted molar refractivity (Wildman–Crippen MR) is 69.1 cm³/mol. The average molecular weight is 255 g/mol. The largest absolute Gasteiger partial charge is 0.469 e. The second-order valence-corrected chi connectivity index (χ2v) is 4.67. The molecule has 0 saturated carbocycles. The molecule has 96 valence electrons. The average Bonchev–Trinajstić information content (AvgIpc) is 2.92. The summed E-state index contributed by atoms with van der Waals surface area (Å²) in [7, 11) is 0. The van der Waals surface area contributed by atoms with E-state index in [4.69, 9.17) is 4.42 Å². The van der Waals surface area contributed by atoms with Crippen LogP contribution in [0.1, 0.15) is 37.6 Å². The third kappa shape index (κ3) is 2.05. The summed E-state index contributed by atoms with van der Waals surface area (Å²) in [6, 6.07) is 7.36. The molecular formula is C15H13NO3. The number of carbonyl (C=O) groups excluding carboxylic acids is 2. The molecular weight excluding hydrogens is 242 g/mol. The molecule has 0 unspecified atom stereocenters. The Bertz CT molecular complexity index is 670. The molecule has 19 heavy (non-hydrogen) atoms. The number of rotatable bonds is 3. The quantitative estimate of drug-likeness (QED) is 0.856. The lowest BCUT2D eigenvalue weighted by atomic mass is 10.0. The number of hydrogen-bond acceptors (Lipinski definition) is 3. The van der Waals surface area contributed by atoms with E-state index in [0.29, 0.717) is 11.1 Å². The number of aryl methyl sites for hydroxylation is 3. The SMILES string of the molecule is Cc1occc1CCc1ccc2c(c1)C(=O)NC2=O. The van der Waals surface area contributed by atoms with E-state index in [1.165, 1.54) is 5.56 Å². The number of carbonyl (C=O) groups is 2. The molecule has 0 spiro atoms. The van der Waals surface area contributed by atoms with Gasteiger partial charge in [-0.3, -0.25) is 14.9 Å². The van der Waals surface area contributed by atoms with Gasteiger partial charge in [-0.25, -0.2) is 0 Å². The highest BCUT2D eigenvalue weighted by atomic mass is 16.3. The number of fused-ring (bicyclic) bond motifs is 1. The lowest BCUT2D eigenvalue weighted by Crippen LogP contribution is -2.19. The zero-order chi connectivity index (χ0) is 13.4. The molecule has 1 N–H and O–H groups in total. The molecule has 1 aliphatic rings. The third-order valence-corrected chi connectivity index (χ3v) is 3.45. The molecule has 1 aromatic carbocycles. The second kappa shape index (κ2) is 4.39. The molecule has 2 heterocycles. The van der Waals surface area contributed by atoms with Gasteiger partial charge in [-0.15, -0.1) is 0 Å². The normalized spacial score (nSPS) is 13.5. The molecule has 0 atom stereocenters. The topological polar surface area (TPSA) is 59.3 Å². The Morgan fingerprint density at radius 2 is 1.84 bits per heavy atom. The highest BCUT2D eigenvalue weighted by Gasteiger charge is 2.26. The van der Waals surface area contributed by atoms with Gasteiger partial charge in [0.15, 0.2) is 0 Å². The Balaban J connectivity index is 1.80. The number of amides is 2. The number of furan rings is 1. The van der Waals surface area contributed by atoms with Crippen molar-refractivity contribution in [1.29, 1.82) is 0 Å². The van der Waals surface area contributed by atoms with Gasteiger partial charge in [-0.1, -0.05) is 6.07 Å². The van der Waals surface area contributed by atoms with Crippen LogP contribution < -0.4 is 5.32 Å². The van der Waals surface area contributed by atoms with Crippen molar-refractivity contribution in [1.82, 2.24) is 5.32 Å². The van der Waals surface area contributed by atoms with Crippen molar-refractivity contribution >= 4 is 11.8 Å². The number of nitrogens with one attached hydrogen (secondary N) is 1. The van der Waals surface area contributed by atoms with Gasteiger partial charge in [0.2, 0.25) is 0 Å². The van der Waals surface area contributed by atoms with Gasteiger partial charge in [0.25, 0.3) is 11.8 Å². The maximum Gasteiger partial charge on any atom is 0.258 e. The number of imide groups is 1. The lowest BCUT2D eigenvalue weighted by molar-refractivity contribution is 0.0879. The van der Waals surface area contributed by atoms with Gasteiger partial charge >= 0.3 is 0 Å². The lowest BCUT2D eigenvalue weighted by Gasteiger charge is -2.02. The highest BCUT2D eigenvalue weighted by molar-refractivity contribution is 6.21. The smallest absolute Gasteiger partial charge is 0.258 e. The maximum atomic E-state index is 11.6. The van der Waals surface area contributed by atoms with Gasteiger partial charge < -0.3 is 4.42 Å². The van der Waals surface area contributed by atoms with Gasteiger partial charge in [-0.2, -0.15) is 0 Å². The molecule has 2 aromatic rings. The first-order chi connectivity index (χ1) is 9.15. The Morgan fingerprint density at radius 1 is 1.05 bits per heavy atom. The third-order valence-electron chi connectivity index (χ3n) is 3.45. The Hall–Kier alpha value is -2.36. The van der Waals surface area contributed by atoms with E-state index in [9.17, 15) is 9.59 Å². The molecule has 2 amide bonds.